The topological polar surface area (TPSA) is 80.4 Å². The molecule has 3 N–H and O–H groups in total. The highest BCUT2D eigenvalue weighted by Crippen LogP contribution is 2.32. The SMILES string of the molecule is CC(C)(N)c1ccc(S(C)(=O)=O)c(F)c1O. The van der Waals surface area contributed by atoms with Crippen LogP contribution in [0.2, 0.25) is 0 Å². The first-order valence-corrected chi connectivity index (χ1v) is 6.45. The Kier molecular flexibility index (Phi) is 3.00. The molecule has 0 heterocycles. The lowest BCUT2D eigenvalue weighted by molar-refractivity contribution is 0.397. The lowest BCUT2D eigenvalue weighted by Crippen LogP contribution is -2.29. The van der Waals surface area contributed by atoms with Crippen molar-refractivity contribution in [2.45, 2.75) is 24.3 Å². The van der Waals surface area contributed by atoms with E-state index in [1.54, 1.807) is 13.8 Å². The molecule has 0 radical (unpaired) electrons. The van der Waals surface area contributed by atoms with Crippen LogP contribution in [0.15, 0.2) is 17.0 Å². The van der Waals surface area contributed by atoms with E-state index in [1.807, 2.05) is 0 Å². The smallest absolute Gasteiger partial charge is 0.183 e. The molecule has 16 heavy (non-hydrogen) atoms. The second-order valence-corrected chi connectivity index (χ2v) is 6.25. The molecule has 0 atom stereocenters. The first-order chi connectivity index (χ1) is 7.05. The summed E-state index contributed by atoms with van der Waals surface area (Å²) in [5, 5.41) is 9.56. The number of benzene rings is 1. The van der Waals surface area contributed by atoms with Crippen LogP contribution in [0.1, 0.15) is 19.4 Å². The van der Waals surface area contributed by atoms with Crippen molar-refractivity contribution in [2.24, 2.45) is 5.73 Å². The van der Waals surface area contributed by atoms with Crippen molar-refractivity contribution >= 4 is 9.84 Å². The Morgan fingerprint density at radius 1 is 1.38 bits per heavy atom. The quantitative estimate of drug-likeness (QED) is 0.821. The monoisotopic (exact) mass is 247 g/mol. The van der Waals surface area contributed by atoms with Gasteiger partial charge in [-0.2, -0.15) is 0 Å². The standard InChI is InChI=1S/C10H14FNO3S/c1-10(2,12)6-4-5-7(16(3,14)15)8(11)9(6)13/h4-5,13H,12H2,1-3H3. The second-order valence-electron chi connectivity index (χ2n) is 4.27. The maximum Gasteiger partial charge on any atom is 0.183 e. The van der Waals surface area contributed by atoms with Crippen LogP contribution in [0.4, 0.5) is 4.39 Å². The Balaban J connectivity index is 3.54. The lowest BCUT2D eigenvalue weighted by atomic mass is 9.94. The Hall–Kier alpha value is -1.14. The molecule has 90 valence electrons. The number of hydrogen-bond acceptors (Lipinski definition) is 4. The van der Waals surface area contributed by atoms with Gasteiger partial charge in [-0.1, -0.05) is 6.07 Å². The van der Waals surface area contributed by atoms with Gasteiger partial charge >= 0.3 is 0 Å². The molecule has 0 saturated carbocycles. The minimum absolute atomic E-state index is 0.164. The molecule has 1 aromatic rings. The number of sulfone groups is 1. The fourth-order valence-corrected chi connectivity index (χ4v) is 2.09. The Morgan fingerprint density at radius 2 is 1.88 bits per heavy atom. The largest absolute Gasteiger partial charge is 0.505 e. The molecule has 0 unspecified atom stereocenters. The average molecular weight is 247 g/mol. The zero-order chi connectivity index (χ0) is 12.7. The van der Waals surface area contributed by atoms with Gasteiger partial charge in [-0.25, -0.2) is 12.8 Å². The van der Waals surface area contributed by atoms with Gasteiger partial charge in [0, 0.05) is 17.4 Å². The Bertz CT molecular complexity index is 518. The molecule has 0 bridgehead atoms. The van der Waals surface area contributed by atoms with Gasteiger partial charge in [0.25, 0.3) is 0 Å². The van der Waals surface area contributed by atoms with Crippen LogP contribution < -0.4 is 5.73 Å². The molecule has 6 heteroatoms. The number of rotatable bonds is 2. The van der Waals surface area contributed by atoms with Gasteiger partial charge in [0.1, 0.15) is 4.90 Å². The number of nitrogens with two attached hydrogens (primary N) is 1. The van der Waals surface area contributed by atoms with Crippen molar-refractivity contribution in [1.82, 2.24) is 0 Å². The van der Waals surface area contributed by atoms with E-state index in [-0.39, 0.29) is 5.56 Å². The van der Waals surface area contributed by atoms with E-state index in [0.29, 0.717) is 0 Å². The van der Waals surface area contributed by atoms with Crippen LogP contribution in [-0.2, 0) is 15.4 Å². The van der Waals surface area contributed by atoms with Gasteiger partial charge in [0.05, 0.1) is 0 Å². The number of phenolic OH excluding ortho intramolecular Hbond substituents is 1. The molecule has 0 saturated heterocycles. The van der Waals surface area contributed by atoms with Gasteiger partial charge < -0.3 is 10.8 Å². The highest BCUT2D eigenvalue weighted by molar-refractivity contribution is 7.90. The van der Waals surface area contributed by atoms with Gasteiger partial charge in [-0.05, 0) is 19.9 Å². The third-order valence-electron chi connectivity index (χ3n) is 2.17. The maximum atomic E-state index is 13.6. The van der Waals surface area contributed by atoms with Crippen LogP contribution in [0.3, 0.4) is 0 Å². The molecule has 1 aromatic carbocycles. The minimum atomic E-state index is -3.69. The van der Waals surface area contributed by atoms with Crippen LogP contribution in [0.5, 0.6) is 5.75 Å². The van der Waals surface area contributed by atoms with Crippen molar-refractivity contribution in [1.29, 1.82) is 0 Å². The first kappa shape index (κ1) is 12.9. The van der Waals surface area contributed by atoms with Crippen molar-refractivity contribution in [3.8, 4) is 5.75 Å². The Morgan fingerprint density at radius 3 is 2.25 bits per heavy atom. The minimum Gasteiger partial charge on any atom is -0.505 e. The molecule has 0 aliphatic rings. The fraction of sp³-hybridized carbons (Fsp3) is 0.400. The van der Waals surface area contributed by atoms with E-state index in [2.05, 4.69) is 0 Å². The third-order valence-corrected chi connectivity index (χ3v) is 3.29. The molecule has 0 aromatic heterocycles. The van der Waals surface area contributed by atoms with E-state index in [4.69, 9.17) is 5.73 Å². The third kappa shape index (κ3) is 2.33. The van der Waals surface area contributed by atoms with E-state index >= 15 is 0 Å². The van der Waals surface area contributed by atoms with Crippen molar-refractivity contribution in [3.63, 3.8) is 0 Å². The molecule has 0 fully saturated rings. The molecule has 0 aliphatic heterocycles. The Labute approximate surface area is 93.8 Å². The number of halogens is 1. The summed E-state index contributed by atoms with van der Waals surface area (Å²) in [5.41, 5.74) is 4.93. The summed E-state index contributed by atoms with van der Waals surface area (Å²) >= 11 is 0. The fourth-order valence-electron chi connectivity index (χ4n) is 1.35. The van der Waals surface area contributed by atoms with E-state index < -0.39 is 31.8 Å². The van der Waals surface area contributed by atoms with Crippen LogP contribution in [0, 0.1) is 5.82 Å². The zero-order valence-corrected chi connectivity index (χ0v) is 10.1. The second kappa shape index (κ2) is 3.71. The predicted octanol–water partition coefficient (Wildman–Crippen LogP) is 1.13. The van der Waals surface area contributed by atoms with Crippen molar-refractivity contribution < 1.29 is 17.9 Å². The number of phenols is 1. The summed E-state index contributed by atoms with van der Waals surface area (Å²) < 4.78 is 36.0. The van der Waals surface area contributed by atoms with E-state index in [9.17, 15) is 17.9 Å². The lowest BCUT2D eigenvalue weighted by Gasteiger charge is -2.21. The highest BCUT2D eigenvalue weighted by atomic mass is 32.2. The summed E-state index contributed by atoms with van der Waals surface area (Å²) in [7, 11) is -3.69. The van der Waals surface area contributed by atoms with E-state index in [1.165, 1.54) is 6.07 Å². The molecule has 4 nitrogen and oxygen atoms in total. The van der Waals surface area contributed by atoms with Gasteiger partial charge in [-0.3, -0.25) is 0 Å². The average Bonchev–Trinajstić information content (AvgIpc) is 2.05. The predicted molar refractivity (Wildman–Crippen MR) is 58.4 cm³/mol. The van der Waals surface area contributed by atoms with Gasteiger partial charge in [-0.15, -0.1) is 0 Å². The maximum absolute atomic E-state index is 13.6. The zero-order valence-electron chi connectivity index (χ0n) is 9.28. The number of aromatic hydroxyl groups is 1. The molecule has 0 aliphatic carbocycles. The first-order valence-electron chi connectivity index (χ1n) is 4.56. The van der Waals surface area contributed by atoms with E-state index in [0.717, 1.165) is 12.3 Å². The summed E-state index contributed by atoms with van der Waals surface area (Å²) in [4.78, 5) is -0.530. The highest BCUT2D eigenvalue weighted by Gasteiger charge is 2.25. The molecule has 0 spiro atoms. The van der Waals surface area contributed by atoms with Crippen molar-refractivity contribution in [3.05, 3.63) is 23.5 Å². The van der Waals surface area contributed by atoms with Crippen LogP contribution >= 0.6 is 0 Å². The van der Waals surface area contributed by atoms with Crippen molar-refractivity contribution in [2.75, 3.05) is 6.26 Å². The number of hydrogen-bond donors (Lipinski definition) is 2. The summed E-state index contributed by atoms with van der Waals surface area (Å²) in [6, 6.07) is 2.42. The summed E-state index contributed by atoms with van der Waals surface area (Å²) in [6.07, 6.45) is 0.873. The molecular weight excluding hydrogens is 233 g/mol. The molecular formula is C10H14FNO3S. The van der Waals surface area contributed by atoms with Crippen LogP contribution in [0.25, 0.3) is 0 Å². The normalized spacial score (nSPS) is 12.8. The van der Waals surface area contributed by atoms with Gasteiger partial charge in [0.15, 0.2) is 21.4 Å². The summed E-state index contributed by atoms with van der Waals surface area (Å²) in [6.45, 7) is 3.17. The molecule has 1 rings (SSSR count). The van der Waals surface area contributed by atoms with Gasteiger partial charge in [0.2, 0.25) is 0 Å². The molecule has 0 amide bonds. The summed E-state index contributed by atoms with van der Waals surface area (Å²) in [5.74, 6) is -1.87. The van der Waals surface area contributed by atoms with Crippen LogP contribution in [-0.4, -0.2) is 19.8 Å².